The van der Waals surface area contributed by atoms with Crippen LogP contribution in [0.4, 0.5) is 19.0 Å². The Labute approximate surface area is 141 Å². The summed E-state index contributed by atoms with van der Waals surface area (Å²) in [6.07, 6.45) is -4.56. The summed E-state index contributed by atoms with van der Waals surface area (Å²) in [4.78, 5) is 0.0179. The van der Waals surface area contributed by atoms with Gasteiger partial charge in [-0.15, -0.1) is 10.2 Å². The van der Waals surface area contributed by atoms with E-state index < -0.39 is 21.9 Å². The molecule has 0 unspecified atom stereocenters. The summed E-state index contributed by atoms with van der Waals surface area (Å²) in [5.74, 6) is 0.102. The quantitative estimate of drug-likeness (QED) is 0.752. The Morgan fingerprint density at radius 1 is 1.08 bits per heavy atom. The summed E-state index contributed by atoms with van der Waals surface area (Å²) in [5.41, 5.74) is -1.10. The Bertz CT molecular complexity index is 798. The van der Waals surface area contributed by atoms with Gasteiger partial charge < -0.3 is 5.32 Å². The smallest absolute Gasteiger partial charge is 0.367 e. The van der Waals surface area contributed by atoms with E-state index in [1.165, 1.54) is 18.2 Å². The second kappa shape index (κ2) is 7.32. The van der Waals surface area contributed by atoms with Crippen LogP contribution in [0.5, 0.6) is 0 Å². The molecule has 1 aromatic carbocycles. The average molecular weight is 381 g/mol. The summed E-state index contributed by atoms with van der Waals surface area (Å²) < 4.78 is 63.3. The van der Waals surface area contributed by atoms with Gasteiger partial charge in [-0.1, -0.05) is 17.7 Å². The summed E-state index contributed by atoms with van der Waals surface area (Å²) in [6.45, 7) is 0.109. The lowest BCUT2D eigenvalue weighted by Crippen LogP contribution is -2.29. The minimum atomic E-state index is -4.56. The predicted octanol–water partition coefficient (Wildman–Crippen LogP) is 2.54. The molecule has 2 aromatic rings. The Kier molecular flexibility index (Phi) is 5.62. The van der Waals surface area contributed by atoms with Gasteiger partial charge in [-0.2, -0.15) is 13.2 Å². The molecule has 0 saturated carbocycles. The highest BCUT2D eigenvalue weighted by atomic mass is 35.5. The molecule has 0 bridgehead atoms. The van der Waals surface area contributed by atoms with Crippen molar-refractivity contribution in [2.24, 2.45) is 0 Å². The molecule has 0 radical (unpaired) electrons. The molecule has 2 N–H and O–H groups in total. The van der Waals surface area contributed by atoms with Gasteiger partial charge in [0.05, 0.1) is 4.90 Å². The van der Waals surface area contributed by atoms with Crippen molar-refractivity contribution in [2.75, 3.05) is 18.4 Å². The number of sulfonamides is 1. The molecule has 1 aromatic heterocycles. The van der Waals surface area contributed by atoms with Gasteiger partial charge in [0.2, 0.25) is 10.0 Å². The maximum absolute atomic E-state index is 12.3. The van der Waals surface area contributed by atoms with Crippen LogP contribution in [0, 0.1) is 0 Å². The number of hydrogen-bond acceptors (Lipinski definition) is 5. The van der Waals surface area contributed by atoms with Crippen LogP contribution in [0.25, 0.3) is 0 Å². The Balaban J connectivity index is 1.86. The number of hydrogen-bond donors (Lipinski definition) is 2. The maximum atomic E-state index is 12.3. The fourth-order valence-electron chi connectivity index (χ4n) is 1.67. The minimum absolute atomic E-state index is 0.00243. The third kappa shape index (κ3) is 5.05. The van der Waals surface area contributed by atoms with Crippen molar-refractivity contribution in [1.29, 1.82) is 0 Å². The monoisotopic (exact) mass is 380 g/mol. The van der Waals surface area contributed by atoms with Crippen molar-refractivity contribution in [3.63, 3.8) is 0 Å². The number of nitrogens with zero attached hydrogens (tertiary/aromatic N) is 2. The first-order chi connectivity index (χ1) is 11.2. The van der Waals surface area contributed by atoms with Crippen molar-refractivity contribution >= 4 is 27.4 Å². The summed E-state index contributed by atoms with van der Waals surface area (Å²) in [7, 11) is -3.72. The Morgan fingerprint density at radius 2 is 1.83 bits per heavy atom. The summed E-state index contributed by atoms with van der Waals surface area (Å²) in [5, 5.41) is 9.37. The molecule has 2 rings (SSSR count). The van der Waals surface area contributed by atoms with Crippen molar-refractivity contribution < 1.29 is 21.6 Å². The Hall–Kier alpha value is -1.91. The number of anilines is 1. The average Bonchev–Trinajstić information content (AvgIpc) is 2.51. The highest BCUT2D eigenvalue weighted by molar-refractivity contribution is 7.89. The van der Waals surface area contributed by atoms with Gasteiger partial charge in [-0.05, 0) is 30.3 Å². The van der Waals surface area contributed by atoms with E-state index in [0.717, 1.165) is 12.1 Å². The van der Waals surface area contributed by atoms with Gasteiger partial charge in [0.25, 0.3) is 0 Å². The van der Waals surface area contributed by atoms with Crippen molar-refractivity contribution in [2.45, 2.75) is 11.1 Å². The van der Waals surface area contributed by atoms with Crippen LogP contribution in [0.2, 0.25) is 5.02 Å². The third-order valence-electron chi connectivity index (χ3n) is 2.78. The largest absolute Gasteiger partial charge is 0.435 e. The van der Waals surface area contributed by atoms with Gasteiger partial charge in [0.15, 0.2) is 5.69 Å². The molecule has 1 heterocycles. The van der Waals surface area contributed by atoms with Crippen molar-refractivity contribution in [3.05, 3.63) is 47.1 Å². The highest BCUT2D eigenvalue weighted by Gasteiger charge is 2.32. The zero-order valence-electron chi connectivity index (χ0n) is 12.0. The zero-order chi connectivity index (χ0) is 17.8. The van der Waals surface area contributed by atoms with E-state index in [1.54, 1.807) is 6.07 Å². The van der Waals surface area contributed by atoms with E-state index in [1.807, 2.05) is 0 Å². The molecule has 0 saturated heterocycles. The van der Waals surface area contributed by atoms with Gasteiger partial charge >= 0.3 is 6.18 Å². The molecule has 130 valence electrons. The molecule has 6 nitrogen and oxygen atoms in total. The Morgan fingerprint density at radius 3 is 2.42 bits per heavy atom. The molecule has 0 aliphatic carbocycles. The lowest BCUT2D eigenvalue weighted by atomic mass is 10.4. The van der Waals surface area contributed by atoms with Crippen LogP contribution in [0.3, 0.4) is 0 Å². The lowest BCUT2D eigenvalue weighted by Gasteiger charge is -2.09. The van der Waals surface area contributed by atoms with Crippen LogP contribution in [-0.2, 0) is 16.2 Å². The van der Waals surface area contributed by atoms with Crippen molar-refractivity contribution in [3.8, 4) is 0 Å². The molecule has 11 heteroatoms. The number of alkyl halides is 3. The van der Waals surface area contributed by atoms with Gasteiger partial charge in [0.1, 0.15) is 5.82 Å². The SMILES string of the molecule is O=S(=O)(NCCNc1ccc(C(F)(F)F)nn1)c1cccc(Cl)c1. The molecular formula is C13H12ClF3N4O2S. The van der Waals surface area contributed by atoms with E-state index in [2.05, 4.69) is 20.2 Å². The lowest BCUT2D eigenvalue weighted by molar-refractivity contribution is -0.141. The number of nitrogens with one attached hydrogen (secondary N) is 2. The molecular weight excluding hydrogens is 369 g/mol. The first-order valence-corrected chi connectivity index (χ1v) is 8.45. The molecule has 0 amide bonds. The molecule has 0 aliphatic rings. The van der Waals surface area contributed by atoms with E-state index in [-0.39, 0.29) is 28.8 Å². The maximum Gasteiger partial charge on any atom is 0.435 e. The van der Waals surface area contributed by atoms with Gasteiger partial charge in [-0.25, -0.2) is 13.1 Å². The molecule has 0 aliphatic heterocycles. The van der Waals surface area contributed by atoms with E-state index in [0.29, 0.717) is 0 Å². The summed E-state index contributed by atoms with van der Waals surface area (Å²) in [6, 6.07) is 7.65. The fraction of sp³-hybridized carbons (Fsp3) is 0.231. The van der Waals surface area contributed by atoms with Crippen LogP contribution in [-0.4, -0.2) is 31.7 Å². The van der Waals surface area contributed by atoms with Gasteiger partial charge in [0, 0.05) is 18.1 Å². The van der Waals surface area contributed by atoms with Crippen LogP contribution >= 0.6 is 11.6 Å². The summed E-state index contributed by atoms with van der Waals surface area (Å²) >= 11 is 5.74. The van der Waals surface area contributed by atoms with E-state index in [9.17, 15) is 21.6 Å². The topological polar surface area (TPSA) is 84.0 Å². The molecule has 0 fully saturated rings. The predicted molar refractivity (Wildman–Crippen MR) is 82.2 cm³/mol. The number of aromatic nitrogens is 2. The van der Waals surface area contributed by atoms with Crippen LogP contribution in [0.15, 0.2) is 41.3 Å². The van der Waals surface area contributed by atoms with E-state index >= 15 is 0 Å². The number of benzene rings is 1. The first kappa shape index (κ1) is 18.4. The standard InChI is InChI=1S/C13H12ClF3N4O2S/c14-9-2-1-3-10(8-9)24(22,23)19-7-6-18-12-5-4-11(20-21-12)13(15,16)17/h1-5,8,19H,6-7H2,(H,18,21). The molecule has 24 heavy (non-hydrogen) atoms. The first-order valence-electron chi connectivity index (χ1n) is 6.58. The van der Waals surface area contributed by atoms with Crippen LogP contribution < -0.4 is 10.0 Å². The third-order valence-corrected chi connectivity index (χ3v) is 4.48. The van der Waals surface area contributed by atoms with E-state index in [4.69, 9.17) is 11.6 Å². The number of halogens is 4. The second-order valence-electron chi connectivity index (χ2n) is 4.58. The number of rotatable bonds is 6. The van der Waals surface area contributed by atoms with Crippen LogP contribution in [0.1, 0.15) is 5.69 Å². The minimum Gasteiger partial charge on any atom is -0.367 e. The fourth-order valence-corrected chi connectivity index (χ4v) is 3.00. The zero-order valence-corrected chi connectivity index (χ0v) is 13.6. The van der Waals surface area contributed by atoms with Crippen molar-refractivity contribution in [1.82, 2.24) is 14.9 Å². The van der Waals surface area contributed by atoms with Gasteiger partial charge in [-0.3, -0.25) is 0 Å². The highest BCUT2D eigenvalue weighted by Crippen LogP contribution is 2.27. The second-order valence-corrected chi connectivity index (χ2v) is 6.79. The normalized spacial score (nSPS) is 12.2. The molecule has 0 spiro atoms. The molecule has 0 atom stereocenters.